The van der Waals surface area contributed by atoms with Crippen LogP contribution in [0.15, 0.2) is 59.6 Å². The van der Waals surface area contributed by atoms with Gasteiger partial charge in [0.2, 0.25) is 16.0 Å². The molecule has 1 amide bonds. The van der Waals surface area contributed by atoms with Crippen LogP contribution in [-0.2, 0) is 14.8 Å². The fourth-order valence-electron chi connectivity index (χ4n) is 3.38. The first-order valence-electron chi connectivity index (χ1n) is 9.18. The molecule has 1 unspecified atom stereocenters. The van der Waals surface area contributed by atoms with Gasteiger partial charge in [0.25, 0.3) is 5.91 Å². The van der Waals surface area contributed by atoms with Crippen molar-refractivity contribution in [1.29, 1.82) is 0 Å². The highest BCUT2D eigenvalue weighted by Gasteiger charge is 2.37. The number of rotatable bonds is 4. The van der Waals surface area contributed by atoms with Crippen molar-refractivity contribution in [3.63, 3.8) is 0 Å². The minimum atomic E-state index is -3.79. The second kappa shape index (κ2) is 7.60. The number of benzene rings is 2. The number of sulfonamides is 1. The van der Waals surface area contributed by atoms with Gasteiger partial charge in [0.05, 0.1) is 11.1 Å². The molecule has 0 saturated carbocycles. The lowest BCUT2D eigenvalue weighted by Crippen LogP contribution is -2.45. The van der Waals surface area contributed by atoms with E-state index >= 15 is 0 Å². The second-order valence-electron chi connectivity index (χ2n) is 7.06. The Balaban J connectivity index is 1.66. The zero-order chi connectivity index (χ0) is 22.3. The van der Waals surface area contributed by atoms with Crippen molar-refractivity contribution in [3.05, 3.63) is 66.1 Å². The van der Waals surface area contributed by atoms with Crippen molar-refractivity contribution in [2.45, 2.75) is 10.9 Å². The molecular weight excluding hydrogens is 423 g/mol. The van der Waals surface area contributed by atoms with E-state index in [0.29, 0.717) is 22.8 Å². The van der Waals surface area contributed by atoms with Crippen molar-refractivity contribution >= 4 is 39.1 Å². The normalized spacial score (nSPS) is 16.3. The van der Waals surface area contributed by atoms with E-state index in [4.69, 9.17) is 5.14 Å². The molecule has 0 saturated heterocycles. The summed E-state index contributed by atoms with van der Waals surface area (Å²) in [5.74, 6) is 0.194. The number of fused-ring (bicyclic) bond motifs is 1. The van der Waals surface area contributed by atoms with Gasteiger partial charge in [-0.3, -0.25) is 4.79 Å². The van der Waals surface area contributed by atoms with Crippen molar-refractivity contribution in [2.75, 3.05) is 29.2 Å². The number of nitrogens with zero attached hydrogens (tertiary/aromatic N) is 4. The Kier molecular flexibility index (Phi) is 5.07. The third-order valence-electron chi connectivity index (χ3n) is 5.02. The first kappa shape index (κ1) is 20.7. The molecule has 1 aromatic heterocycles. The van der Waals surface area contributed by atoms with Crippen LogP contribution in [-0.4, -0.2) is 38.4 Å². The number of primary sulfonamides is 1. The number of nitrogens with two attached hydrogens (primary N) is 1. The highest BCUT2D eigenvalue weighted by Crippen LogP contribution is 2.39. The molecule has 4 rings (SSSR count). The van der Waals surface area contributed by atoms with E-state index < -0.39 is 16.1 Å². The van der Waals surface area contributed by atoms with E-state index in [0.717, 1.165) is 0 Å². The summed E-state index contributed by atoms with van der Waals surface area (Å²) in [4.78, 5) is 24.9. The molecule has 3 N–H and O–H groups in total. The van der Waals surface area contributed by atoms with Crippen LogP contribution in [0.2, 0.25) is 0 Å². The lowest BCUT2D eigenvalue weighted by Gasteiger charge is -2.38. The Bertz CT molecular complexity index is 1250. The third-order valence-corrected chi connectivity index (χ3v) is 5.95. The van der Waals surface area contributed by atoms with Crippen LogP contribution in [0.5, 0.6) is 0 Å². The fraction of sp³-hybridized carbons (Fsp3) is 0.150. The summed E-state index contributed by atoms with van der Waals surface area (Å²) in [6.45, 7) is 0. The van der Waals surface area contributed by atoms with Crippen LogP contribution in [0.1, 0.15) is 11.6 Å². The van der Waals surface area contributed by atoms with Gasteiger partial charge in [-0.15, -0.1) is 0 Å². The van der Waals surface area contributed by atoms with E-state index in [1.54, 1.807) is 43.3 Å². The summed E-state index contributed by atoms with van der Waals surface area (Å²) in [5.41, 5.74) is 1.73. The van der Waals surface area contributed by atoms with E-state index in [1.807, 2.05) is 0 Å². The van der Waals surface area contributed by atoms with Gasteiger partial charge in [-0.2, -0.15) is 4.98 Å². The number of halogens is 1. The maximum Gasteiger partial charge on any atom is 0.254 e. The first-order valence-corrected chi connectivity index (χ1v) is 10.7. The topological polar surface area (TPSA) is 122 Å². The predicted octanol–water partition coefficient (Wildman–Crippen LogP) is 2.16. The number of amides is 1. The molecule has 1 atom stereocenters. The van der Waals surface area contributed by atoms with Crippen molar-refractivity contribution < 1.29 is 17.6 Å². The van der Waals surface area contributed by atoms with Crippen molar-refractivity contribution in [1.82, 2.24) is 9.97 Å². The van der Waals surface area contributed by atoms with Gasteiger partial charge in [-0.1, -0.05) is 12.1 Å². The molecule has 2 heterocycles. The smallest absolute Gasteiger partial charge is 0.254 e. The molecule has 31 heavy (non-hydrogen) atoms. The van der Waals surface area contributed by atoms with Gasteiger partial charge in [-0.25, -0.2) is 22.9 Å². The number of hydrogen-bond donors (Lipinski definition) is 2. The first-order chi connectivity index (χ1) is 14.6. The maximum atomic E-state index is 13.3. The maximum absolute atomic E-state index is 13.3. The Hall–Kier alpha value is -3.57. The Morgan fingerprint density at radius 1 is 1.06 bits per heavy atom. The summed E-state index contributed by atoms with van der Waals surface area (Å²) < 4.78 is 36.1. The van der Waals surface area contributed by atoms with Gasteiger partial charge < -0.3 is 15.1 Å². The quantitative estimate of drug-likeness (QED) is 0.635. The average Bonchev–Trinajstić information content (AvgIpc) is 2.73. The van der Waals surface area contributed by atoms with Crippen molar-refractivity contribution in [3.8, 4) is 0 Å². The van der Waals surface area contributed by atoms with Gasteiger partial charge in [-0.05, 0) is 42.0 Å². The van der Waals surface area contributed by atoms with Crippen LogP contribution in [0.25, 0.3) is 0 Å². The summed E-state index contributed by atoms with van der Waals surface area (Å²) >= 11 is 0. The van der Waals surface area contributed by atoms with Crippen LogP contribution in [0.4, 0.5) is 27.5 Å². The molecule has 2 aromatic carbocycles. The molecule has 11 heteroatoms. The van der Waals surface area contributed by atoms with Crippen molar-refractivity contribution in [2.24, 2.45) is 5.14 Å². The molecule has 1 aliphatic heterocycles. The highest BCUT2D eigenvalue weighted by atomic mass is 32.2. The summed E-state index contributed by atoms with van der Waals surface area (Å²) in [7, 11) is -0.421. The molecule has 9 nitrogen and oxygen atoms in total. The summed E-state index contributed by atoms with van der Waals surface area (Å²) in [6.07, 6.45) is 1.53. The fourth-order valence-corrected chi connectivity index (χ4v) is 3.90. The summed E-state index contributed by atoms with van der Waals surface area (Å²) in [5, 5.41) is 8.12. The molecule has 1 aliphatic rings. The van der Waals surface area contributed by atoms with E-state index in [9.17, 15) is 17.6 Å². The Morgan fingerprint density at radius 2 is 1.71 bits per heavy atom. The molecule has 0 radical (unpaired) electrons. The largest absolute Gasteiger partial charge is 0.342 e. The Morgan fingerprint density at radius 3 is 2.32 bits per heavy atom. The second-order valence-corrected chi connectivity index (χ2v) is 8.62. The number of carbonyl (C=O) groups is 1. The zero-order valence-electron chi connectivity index (χ0n) is 16.7. The molecule has 0 aliphatic carbocycles. The molecule has 160 valence electrons. The SMILES string of the molecule is CN1C(=O)C(c2ccc(F)cc2)N(C)c2nc(Nc3ccc(S(N)(=O)=O)cc3)ncc21. The van der Waals surface area contributed by atoms with Gasteiger partial charge in [0.1, 0.15) is 17.5 Å². The molecule has 3 aromatic rings. The number of hydrogen-bond acceptors (Lipinski definition) is 7. The molecule has 0 bridgehead atoms. The number of aromatic nitrogens is 2. The number of nitrogens with one attached hydrogen (secondary N) is 1. The molecule has 0 fully saturated rings. The molecular formula is C20H19FN6O3S. The lowest BCUT2D eigenvalue weighted by molar-refractivity contribution is -0.120. The predicted molar refractivity (Wildman–Crippen MR) is 114 cm³/mol. The zero-order valence-corrected chi connectivity index (χ0v) is 17.5. The van der Waals surface area contributed by atoms with Crippen LogP contribution in [0, 0.1) is 5.82 Å². The Labute approximate surface area is 178 Å². The number of anilines is 4. The van der Waals surface area contributed by atoms with E-state index in [2.05, 4.69) is 15.3 Å². The monoisotopic (exact) mass is 442 g/mol. The van der Waals surface area contributed by atoms with E-state index in [1.165, 1.54) is 35.4 Å². The standard InChI is InChI=1S/C20H19FN6O3S/c1-26-16-11-23-20(24-14-7-9-15(10-8-14)31(22,29)30)25-18(16)27(2)17(19(26)28)12-3-5-13(21)6-4-12/h3-11,17H,1-2H3,(H2,22,29,30)(H,23,24,25). The van der Waals surface area contributed by atoms with Gasteiger partial charge in [0.15, 0.2) is 5.82 Å². The summed E-state index contributed by atoms with van der Waals surface area (Å²) in [6, 6.07) is 10.9. The minimum Gasteiger partial charge on any atom is -0.342 e. The molecule has 0 spiro atoms. The lowest BCUT2D eigenvalue weighted by atomic mass is 10.0. The minimum absolute atomic E-state index is 0.00794. The van der Waals surface area contributed by atoms with Crippen LogP contribution < -0.4 is 20.3 Å². The third kappa shape index (κ3) is 3.92. The average molecular weight is 442 g/mol. The number of carbonyl (C=O) groups excluding carboxylic acids is 1. The van der Waals surface area contributed by atoms with Gasteiger partial charge >= 0.3 is 0 Å². The highest BCUT2D eigenvalue weighted by molar-refractivity contribution is 7.89. The van der Waals surface area contributed by atoms with Crippen LogP contribution >= 0.6 is 0 Å². The van der Waals surface area contributed by atoms with E-state index in [-0.39, 0.29) is 22.6 Å². The number of likely N-dealkylation sites (N-methyl/N-ethyl adjacent to an activating group) is 2. The van der Waals surface area contributed by atoms with Gasteiger partial charge in [0, 0.05) is 19.8 Å². The van der Waals surface area contributed by atoms with Crippen LogP contribution in [0.3, 0.4) is 0 Å².